The van der Waals surface area contributed by atoms with E-state index in [2.05, 4.69) is 45.3 Å². The molecule has 3 aliphatic rings. The molecule has 0 aromatic rings. The average molecular weight is 420 g/mol. The summed E-state index contributed by atoms with van der Waals surface area (Å²) in [6.45, 7) is 12.5. The molecule has 0 bridgehead atoms. The van der Waals surface area contributed by atoms with Crippen molar-refractivity contribution >= 4 is 5.91 Å². The molecule has 4 nitrogen and oxygen atoms in total. The largest absolute Gasteiger partial charge is 0.353 e. The molecule has 3 fully saturated rings. The fraction of sp³-hybridized carbons (Fsp3) is 0.962. The summed E-state index contributed by atoms with van der Waals surface area (Å²) in [5.41, 5.74) is 6.45. The maximum absolute atomic E-state index is 12.6. The first-order chi connectivity index (χ1) is 14.1. The van der Waals surface area contributed by atoms with E-state index >= 15 is 0 Å². The van der Waals surface area contributed by atoms with Crippen molar-refractivity contribution < 1.29 is 4.79 Å². The van der Waals surface area contributed by atoms with Crippen LogP contribution in [0.2, 0.25) is 0 Å². The van der Waals surface area contributed by atoms with Crippen LogP contribution in [0.1, 0.15) is 105 Å². The molecule has 0 spiro atoms. The highest BCUT2D eigenvalue weighted by atomic mass is 16.1. The van der Waals surface area contributed by atoms with Crippen LogP contribution in [0, 0.1) is 28.6 Å². The zero-order chi connectivity index (χ0) is 21.9. The van der Waals surface area contributed by atoms with Crippen molar-refractivity contribution in [3.63, 3.8) is 0 Å². The lowest BCUT2D eigenvalue weighted by Crippen LogP contribution is -2.47. The molecule has 0 aromatic carbocycles. The van der Waals surface area contributed by atoms with Gasteiger partial charge in [-0.3, -0.25) is 4.79 Å². The Morgan fingerprint density at radius 3 is 2.00 bits per heavy atom. The Morgan fingerprint density at radius 2 is 1.47 bits per heavy atom. The first-order valence-corrected chi connectivity index (χ1v) is 12.9. The van der Waals surface area contributed by atoms with Gasteiger partial charge in [0, 0.05) is 31.1 Å². The van der Waals surface area contributed by atoms with Crippen LogP contribution in [-0.2, 0) is 4.79 Å². The number of amides is 1. The molecule has 2 atom stereocenters. The molecule has 0 aliphatic heterocycles. The van der Waals surface area contributed by atoms with Crippen LogP contribution in [0.25, 0.3) is 0 Å². The van der Waals surface area contributed by atoms with Crippen molar-refractivity contribution in [1.29, 1.82) is 0 Å². The second kappa shape index (κ2) is 9.90. The predicted octanol–water partition coefficient (Wildman–Crippen LogP) is 5.01. The molecule has 0 radical (unpaired) electrons. The molecule has 174 valence electrons. The van der Waals surface area contributed by atoms with Gasteiger partial charge in [0.05, 0.1) is 0 Å². The molecule has 0 heterocycles. The Balaban J connectivity index is 1.30. The van der Waals surface area contributed by atoms with E-state index in [4.69, 9.17) is 5.73 Å². The minimum atomic E-state index is 0.136. The monoisotopic (exact) mass is 419 g/mol. The van der Waals surface area contributed by atoms with E-state index in [1.54, 1.807) is 0 Å². The molecule has 2 unspecified atom stereocenters. The summed E-state index contributed by atoms with van der Waals surface area (Å²) in [5.74, 6) is 2.70. The summed E-state index contributed by atoms with van der Waals surface area (Å²) in [6.07, 6.45) is 13.6. The Labute approximate surface area is 185 Å². The van der Waals surface area contributed by atoms with Crippen LogP contribution in [0.4, 0.5) is 0 Å². The van der Waals surface area contributed by atoms with E-state index in [1.807, 2.05) is 0 Å². The minimum Gasteiger partial charge on any atom is -0.353 e. The van der Waals surface area contributed by atoms with Gasteiger partial charge in [0.15, 0.2) is 0 Å². The predicted molar refractivity (Wildman–Crippen MR) is 126 cm³/mol. The van der Waals surface area contributed by atoms with E-state index in [-0.39, 0.29) is 16.7 Å². The Hall–Kier alpha value is -0.610. The zero-order valence-electron chi connectivity index (χ0n) is 20.4. The van der Waals surface area contributed by atoms with Crippen molar-refractivity contribution in [2.24, 2.45) is 34.3 Å². The van der Waals surface area contributed by atoms with E-state index < -0.39 is 0 Å². The lowest BCUT2D eigenvalue weighted by atomic mass is 9.66. The Kier molecular flexibility index (Phi) is 7.93. The first-order valence-electron chi connectivity index (χ1n) is 12.9. The van der Waals surface area contributed by atoms with Gasteiger partial charge in [0.2, 0.25) is 5.91 Å². The first kappa shape index (κ1) is 24.0. The number of hydrogen-bond acceptors (Lipinski definition) is 3. The minimum absolute atomic E-state index is 0.136. The number of carbonyl (C=O) groups excluding carboxylic acids is 1. The smallest absolute Gasteiger partial charge is 0.221 e. The molecule has 0 saturated heterocycles. The fourth-order valence-corrected chi connectivity index (χ4v) is 6.42. The van der Waals surface area contributed by atoms with Gasteiger partial charge in [-0.25, -0.2) is 0 Å². The number of carbonyl (C=O) groups is 1. The summed E-state index contributed by atoms with van der Waals surface area (Å²) in [4.78, 5) is 12.6. The summed E-state index contributed by atoms with van der Waals surface area (Å²) < 4.78 is 0. The fourth-order valence-electron chi connectivity index (χ4n) is 6.42. The average Bonchev–Trinajstić information content (AvgIpc) is 2.84. The second-order valence-electron chi connectivity index (χ2n) is 12.1. The summed E-state index contributed by atoms with van der Waals surface area (Å²) in [7, 11) is 0. The maximum atomic E-state index is 12.6. The molecule has 3 aliphatic carbocycles. The number of hydrogen-bond donors (Lipinski definition) is 3. The summed E-state index contributed by atoms with van der Waals surface area (Å²) in [6, 6.07) is 1.36. The third-order valence-corrected chi connectivity index (χ3v) is 9.88. The number of rotatable bonds is 7. The quantitative estimate of drug-likeness (QED) is 0.543. The third kappa shape index (κ3) is 5.59. The van der Waals surface area contributed by atoms with E-state index in [1.165, 1.54) is 57.8 Å². The highest BCUT2D eigenvalue weighted by molar-refractivity contribution is 5.76. The van der Waals surface area contributed by atoms with Gasteiger partial charge < -0.3 is 16.4 Å². The highest BCUT2D eigenvalue weighted by Gasteiger charge is 2.53. The van der Waals surface area contributed by atoms with E-state index in [0.29, 0.717) is 30.5 Å². The molecular formula is C26H49N3O. The van der Waals surface area contributed by atoms with E-state index in [9.17, 15) is 4.79 Å². The van der Waals surface area contributed by atoms with Crippen LogP contribution in [0.3, 0.4) is 0 Å². The molecule has 30 heavy (non-hydrogen) atoms. The van der Waals surface area contributed by atoms with Crippen molar-refractivity contribution in [2.75, 3.05) is 6.54 Å². The number of nitrogens with one attached hydrogen (secondary N) is 2. The third-order valence-electron chi connectivity index (χ3n) is 9.88. The lowest BCUT2D eigenvalue weighted by molar-refractivity contribution is -0.122. The summed E-state index contributed by atoms with van der Waals surface area (Å²) >= 11 is 0. The van der Waals surface area contributed by atoms with Gasteiger partial charge >= 0.3 is 0 Å². The molecule has 4 heteroatoms. The van der Waals surface area contributed by atoms with Gasteiger partial charge in [0.1, 0.15) is 0 Å². The summed E-state index contributed by atoms with van der Waals surface area (Å²) in [5, 5.41) is 7.04. The molecular weight excluding hydrogens is 370 g/mol. The van der Waals surface area contributed by atoms with Crippen LogP contribution >= 0.6 is 0 Å². The molecule has 3 rings (SSSR count). The standard InChI is InChI=1S/C26H49N3O/c1-18-16-23(26(4,5)25(18,2)3)29-24(30)14-15-28-22-12-8-20(9-13-22)17-19-6-10-21(27)11-7-19/h18-23,28H,6-17,27H2,1-5H3,(H,29,30). The van der Waals surface area contributed by atoms with Crippen LogP contribution in [0.15, 0.2) is 0 Å². The number of nitrogens with two attached hydrogens (primary N) is 1. The second-order valence-corrected chi connectivity index (χ2v) is 12.1. The zero-order valence-corrected chi connectivity index (χ0v) is 20.4. The van der Waals surface area contributed by atoms with Gasteiger partial charge in [-0.05, 0) is 92.8 Å². The molecule has 4 N–H and O–H groups in total. The van der Waals surface area contributed by atoms with Crippen LogP contribution < -0.4 is 16.4 Å². The Bertz CT molecular complexity index is 557. The Morgan fingerprint density at radius 1 is 0.900 bits per heavy atom. The molecule has 0 aromatic heterocycles. The topological polar surface area (TPSA) is 67.2 Å². The van der Waals surface area contributed by atoms with Gasteiger partial charge in [-0.2, -0.15) is 0 Å². The lowest BCUT2D eigenvalue weighted by Gasteiger charge is -2.41. The van der Waals surface area contributed by atoms with Crippen molar-refractivity contribution in [2.45, 2.75) is 123 Å². The van der Waals surface area contributed by atoms with Gasteiger partial charge in [0.25, 0.3) is 0 Å². The van der Waals surface area contributed by atoms with Crippen molar-refractivity contribution in [1.82, 2.24) is 10.6 Å². The normalized spacial score (nSPS) is 38.3. The van der Waals surface area contributed by atoms with Gasteiger partial charge in [-0.15, -0.1) is 0 Å². The van der Waals surface area contributed by atoms with Crippen molar-refractivity contribution in [3.8, 4) is 0 Å². The van der Waals surface area contributed by atoms with Crippen LogP contribution in [0.5, 0.6) is 0 Å². The maximum Gasteiger partial charge on any atom is 0.221 e. The molecule has 3 saturated carbocycles. The van der Waals surface area contributed by atoms with Gasteiger partial charge in [-0.1, -0.05) is 34.6 Å². The van der Waals surface area contributed by atoms with Crippen LogP contribution in [-0.4, -0.2) is 30.6 Å². The SMILES string of the molecule is CC1CC(NC(=O)CCNC2CCC(CC3CCC(N)CC3)CC2)C(C)(C)C1(C)C. The van der Waals surface area contributed by atoms with Crippen molar-refractivity contribution in [3.05, 3.63) is 0 Å². The van der Waals surface area contributed by atoms with E-state index in [0.717, 1.165) is 24.8 Å². The highest BCUT2D eigenvalue weighted by Crippen LogP contribution is 2.55. The molecule has 1 amide bonds.